The lowest BCUT2D eigenvalue weighted by molar-refractivity contribution is 0.317. The second kappa shape index (κ2) is 5.80. The zero-order valence-corrected chi connectivity index (χ0v) is 12.8. The lowest BCUT2D eigenvalue weighted by Gasteiger charge is -2.20. The number of anilines is 1. The number of fused-ring (bicyclic) bond motifs is 1. The maximum Gasteiger partial charge on any atom is 0.131 e. The molecule has 4 heteroatoms. The fourth-order valence-electron chi connectivity index (χ4n) is 2.92. The second-order valence-electron chi connectivity index (χ2n) is 5.77. The smallest absolute Gasteiger partial charge is 0.131 e. The quantitative estimate of drug-likeness (QED) is 0.929. The van der Waals surface area contributed by atoms with Crippen molar-refractivity contribution in [3.05, 3.63) is 30.1 Å². The van der Waals surface area contributed by atoms with Crippen LogP contribution >= 0.6 is 0 Å². The van der Waals surface area contributed by atoms with Crippen molar-refractivity contribution in [2.75, 3.05) is 12.3 Å². The molecule has 112 valence electrons. The molecule has 4 nitrogen and oxygen atoms in total. The molecule has 2 heterocycles. The van der Waals surface area contributed by atoms with Crippen LogP contribution in [-0.4, -0.2) is 16.2 Å². The fraction of sp³-hybridized carbons (Fsp3) is 0.471. The van der Waals surface area contributed by atoms with Crippen molar-refractivity contribution in [3.63, 3.8) is 0 Å². The number of ether oxygens (including phenoxy) is 1. The molecule has 3 rings (SSSR count). The molecule has 21 heavy (non-hydrogen) atoms. The number of benzene rings is 1. The number of hydrogen-bond donors (Lipinski definition) is 1. The molecular weight excluding hydrogens is 262 g/mol. The summed E-state index contributed by atoms with van der Waals surface area (Å²) in [5.41, 5.74) is 8.27. The van der Waals surface area contributed by atoms with Crippen LogP contribution in [0.4, 0.5) is 5.82 Å². The molecule has 2 N–H and O–H groups in total. The molecule has 1 aliphatic rings. The molecule has 1 atom stereocenters. The molecule has 0 saturated heterocycles. The first-order chi connectivity index (χ1) is 10.2. The summed E-state index contributed by atoms with van der Waals surface area (Å²) >= 11 is 0. The molecule has 0 radical (unpaired) electrons. The van der Waals surface area contributed by atoms with Crippen LogP contribution in [-0.2, 0) is 6.54 Å². The molecule has 0 fully saturated rings. The van der Waals surface area contributed by atoms with Crippen molar-refractivity contribution in [1.29, 1.82) is 0 Å². The van der Waals surface area contributed by atoms with Gasteiger partial charge < -0.3 is 15.0 Å². The number of rotatable bonds is 4. The Balaban J connectivity index is 1.90. The molecule has 0 spiro atoms. The SMILES string of the molecule is CCCOc1ccc(-c2nc3n(c2N)CCCC3C)cc1. The molecule has 0 saturated carbocycles. The average molecular weight is 285 g/mol. The van der Waals surface area contributed by atoms with E-state index in [-0.39, 0.29) is 0 Å². The van der Waals surface area contributed by atoms with Crippen molar-refractivity contribution in [3.8, 4) is 17.0 Å². The molecule has 0 bridgehead atoms. The van der Waals surface area contributed by atoms with Crippen LogP contribution in [0.2, 0.25) is 0 Å². The van der Waals surface area contributed by atoms with Crippen molar-refractivity contribution >= 4 is 5.82 Å². The monoisotopic (exact) mass is 285 g/mol. The number of aromatic nitrogens is 2. The number of nitrogens with two attached hydrogens (primary N) is 1. The van der Waals surface area contributed by atoms with Crippen molar-refractivity contribution < 1.29 is 4.74 Å². The summed E-state index contributed by atoms with van der Waals surface area (Å²) < 4.78 is 7.79. The second-order valence-corrected chi connectivity index (χ2v) is 5.77. The zero-order valence-electron chi connectivity index (χ0n) is 12.8. The van der Waals surface area contributed by atoms with E-state index >= 15 is 0 Å². The van der Waals surface area contributed by atoms with Gasteiger partial charge in [0.05, 0.1) is 6.61 Å². The fourth-order valence-corrected chi connectivity index (χ4v) is 2.92. The van der Waals surface area contributed by atoms with Gasteiger partial charge in [0.2, 0.25) is 0 Å². The third-order valence-corrected chi connectivity index (χ3v) is 4.10. The summed E-state index contributed by atoms with van der Waals surface area (Å²) in [5, 5.41) is 0. The minimum atomic E-state index is 0.488. The Morgan fingerprint density at radius 1 is 1.33 bits per heavy atom. The van der Waals surface area contributed by atoms with E-state index in [1.807, 2.05) is 24.3 Å². The third-order valence-electron chi connectivity index (χ3n) is 4.10. The number of imidazole rings is 1. The maximum absolute atomic E-state index is 6.31. The Morgan fingerprint density at radius 2 is 2.10 bits per heavy atom. The number of hydrogen-bond acceptors (Lipinski definition) is 3. The zero-order chi connectivity index (χ0) is 14.8. The standard InChI is InChI=1S/C17H23N3O/c1-3-11-21-14-8-6-13(7-9-14)15-16(18)20-10-4-5-12(2)17(20)19-15/h6-9,12H,3-5,10-11,18H2,1-2H3. The van der Waals surface area contributed by atoms with Crippen LogP contribution < -0.4 is 10.5 Å². The molecule has 0 aliphatic carbocycles. The molecule has 0 amide bonds. The molecule has 1 aromatic heterocycles. The Morgan fingerprint density at radius 3 is 2.76 bits per heavy atom. The van der Waals surface area contributed by atoms with Gasteiger partial charge >= 0.3 is 0 Å². The van der Waals surface area contributed by atoms with E-state index in [9.17, 15) is 0 Å². The minimum Gasteiger partial charge on any atom is -0.494 e. The number of nitrogens with zero attached hydrogens (tertiary/aromatic N) is 2. The van der Waals surface area contributed by atoms with Crippen LogP contribution in [0.25, 0.3) is 11.3 Å². The van der Waals surface area contributed by atoms with Crippen LogP contribution in [0, 0.1) is 0 Å². The van der Waals surface area contributed by atoms with Gasteiger partial charge in [-0.15, -0.1) is 0 Å². The van der Waals surface area contributed by atoms with Gasteiger partial charge in [-0.3, -0.25) is 0 Å². The first-order valence-electron chi connectivity index (χ1n) is 7.79. The number of nitrogen functional groups attached to an aromatic ring is 1. The normalized spacial score (nSPS) is 17.5. The van der Waals surface area contributed by atoms with E-state index in [0.717, 1.165) is 48.2 Å². The summed E-state index contributed by atoms with van der Waals surface area (Å²) in [6.45, 7) is 6.06. The summed E-state index contributed by atoms with van der Waals surface area (Å²) in [6, 6.07) is 8.07. The minimum absolute atomic E-state index is 0.488. The van der Waals surface area contributed by atoms with Gasteiger partial charge in [0.1, 0.15) is 23.1 Å². The lowest BCUT2D eigenvalue weighted by atomic mass is 10.0. The van der Waals surface area contributed by atoms with Gasteiger partial charge in [-0.2, -0.15) is 0 Å². The van der Waals surface area contributed by atoms with Crippen molar-refractivity contribution in [2.24, 2.45) is 0 Å². The summed E-state index contributed by atoms with van der Waals surface area (Å²) in [5.74, 6) is 3.30. The topological polar surface area (TPSA) is 53.1 Å². The van der Waals surface area contributed by atoms with Gasteiger partial charge in [-0.1, -0.05) is 13.8 Å². The van der Waals surface area contributed by atoms with Crippen LogP contribution in [0.1, 0.15) is 44.9 Å². The van der Waals surface area contributed by atoms with E-state index in [1.54, 1.807) is 0 Å². The van der Waals surface area contributed by atoms with E-state index in [2.05, 4.69) is 18.4 Å². The first-order valence-corrected chi connectivity index (χ1v) is 7.79. The Bertz CT molecular complexity index is 616. The average Bonchev–Trinajstić information content (AvgIpc) is 2.85. The molecule has 1 aliphatic heterocycles. The van der Waals surface area contributed by atoms with Gasteiger partial charge in [0, 0.05) is 18.0 Å². The van der Waals surface area contributed by atoms with E-state index in [4.69, 9.17) is 15.5 Å². The highest BCUT2D eigenvalue weighted by Gasteiger charge is 2.23. The van der Waals surface area contributed by atoms with Crippen LogP contribution in [0.15, 0.2) is 24.3 Å². The predicted molar refractivity (Wildman–Crippen MR) is 85.5 cm³/mol. The molecular formula is C17H23N3O. The molecule has 2 aromatic rings. The van der Waals surface area contributed by atoms with Crippen LogP contribution in [0.3, 0.4) is 0 Å². The van der Waals surface area contributed by atoms with Gasteiger partial charge in [-0.05, 0) is 43.5 Å². The summed E-state index contributed by atoms with van der Waals surface area (Å²) in [4.78, 5) is 4.79. The first kappa shape index (κ1) is 14.0. The van der Waals surface area contributed by atoms with E-state index < -0.39 is 0 Å². The van der Waals surface area contributed by atoms with E-state index in [1.165, 1.54) is 12.8 Å². The summed E-state index contributed by atoms with van der Waals surface area (Å²) in [6.07, 6.45) is 3.39. The lowest BCUT2D eigenvalue weighted by Crippen LogP contribution is -2.15. The molecule has 1 unspecified atom stereocenters. The Labute approximate surface area is 125 Å². The highest BCUT2D eigenvalue weighted by molar-refractivity contribution is 5.71. The summed E-state index contributed by atoms with van der Waals surface area (Å²) in [7, 11) is 0. The molecule has 1 aromatic carbocycles. The highest BCUT2D eigenvalue weighted by atomic mass is 16.5. The van der Waals surface area contributed by atoms with Crippen LogP contribution in [0.5, 0.6) is 5.75 Å². The maximum atomic E-state index is 6.31. The highest BCUT2D eigenvalue weighted by Crippen LogP contribution is 2.34. The van der Waals surface area contributed by atoms with Gasteiger partial charge in [0.15, 0.2) is 0 Å². The van der Waals surface area contributed by atoms with Gasteiger partial charge in [-0.25, -0.2) is 4.98 Å². The van der Waals surface area contributed by atoms with Crippen molar-refractivity contribution in [1.82, 2.24) is 9.55 Å². The third kappa shape index (κ3) is 2.62. The predicted octanol–water partition coefficient (Wildman–Crippen LogP) is 3.82. The largest absolute Gasteiger partial charge is 0.494 e. The van der Waals surface area contributed by atoms with Gasteiger partial charge in [0.25, 0.3) is 0 Å². The Hall–Kier alpha value is -1.97. The van der Waals surface area contributed by atoms with Crippen molar-refractivity contribution in [2.45, 2.75) is 45.6 Å². The Kier molecular flexibility index (Phi) is 3.86. The van der Waals surface area contributed by atoms with E-state index in [0.29, 0.717) is 5.92 Å².